The molecule has 2 aliphatic carbocycles. The molecule has 2 saturated carbocycles. The van der Waals surface area contributed by atoms with Crippen molar-refractivity contribution in [1.29, 1.82) is 0 Å². The maximum atomic E-state index is 2.46. The predicted molar refractivity (Wildman–Crippen MR) is 62.2 cm³/mol. The molecule has 2 rings (SSSR count). The summed E-state index contributed by atoms with van der Waals surface area (Å²) in [6, 6.07) is 0. The number of hydrogen-bond donors (Lipinski definition) is 0. The van der Waals surface area contributed by atoms with Gasteiger partial charge in [0, 0.05) is 0 Å². The minimum Gasteiger partial charge on any atom is -0.0651 e. The Labute approximate surface area is 89.5 Å². The van der Waals surface area contributed by atoms with Crippen molar-refractivity contribution in [2.24, 2.45) is 29.1 Å². The normalized spacial score (nSPS) is 47.4. The highest BCUT2D eigenvalue weighted by molar-refractivity contribution is 5.04. The van der Waals surface area contributed by atoms with Crippen LogP contribution in [0.15, 0.2) is 0 Å². The molecule has 0 radical (unpaired) electrons. The van der Waals surface area contributed by atoms with Crippen LogP contribution in [0.25, 0.3) is 0 Å². The highest BCUT2D eigenvalue weighted by atomic mass is 14.6. The van der Waals surface area contributed by atoms with Crippen molar-refractivity contribution in [2.75, 3.05) is 0 Å². The van der Waals surface area contributed by atoms with Crippen LogP contribution in [0, 0.1) is 29.1 Å². The Hall–Kier alpha value is 0. The fourth-order valence-corrected chi connectivity index (χ4v) is 3.97. The van der Waals surface area contributed by atoms with Gasteiger partial charge < -0.3 is 0 Å². The number of rotatable bonds is 2. The lowest BCUT2D eigenvalue weighted by atomic mass is 9.67. The molecule has 82 valence electrons. The second-order valence-corrected chi connectivity index (χ2v) is 6.29. The van der Waals surface area contributed by atoms with E-state index in [0.717, 1.165) is 29.1 Å². The molecule has 3 unspecified atom stereocenters. The second-order valence-electron chi connectivity index (χ2n) is 6.29. The summed E-state index contributed by atoms with van der Waals surface area (Å²) >= 11 is 0. The van der Waals surface area contributed by atoms with E-state index in [1.54, 1.807) is 6.42 Å². The van der Waals surface area contributed by atoms with Gasteiger partial charge in [-0.2, -0.15) is 0 Å². The van der Waals surface area contributed by atoms with Crippen molar-refractivity contribution >= 4 is 0 Å². The zero-order valence-electron chi connectivity index (χ0n) is 10.3. The van der Waals surface area contributed by atoms with Crippen molar-refractivity contribution in [1.82, 2.24) is 0 Å². The Morgan fingerprint density at radius 2 is 1.93 bits per heavy atom. The molecule has 0 heterocycles. The molecule has 2 fully saturated rings. The van der Waals surface area contributed by atoms with E-state index in [-0.39, 0.29) is 0 Å². The average Bonchev–Trinajstić information content (AvgIpc) is 2.75. The SMILES string of the molecule is CCC1CC2(CCC1C(C)C)C[C@H]2C. The Bertz CT molecular complexity index is 206. The predicted octanol–water partition coefficient (Wildman–Crippen LogP) is 4.49. The highest BCUT2D eigenvalue weighted by Crippen LogP contribution is 2.64. The molecule has 0 heteroatoms. The molecule has 4 atom stereocenters. The van der Waals surface area contributed by atoms with E-state index < -0.39 is 0 Å². The summed E-state index contributed by atoms with van der Waals surface area (Å²) in [7, 11) is 0. The summed E-state index contributed by atoms with van der Waals surface area (Å²) < 4.78 is 0. The summed E-state index contributed by atoms with van der Waals surface area (Å²) in [4.78, 5) is 0. The third-order valence-corrected chi connectivity index (χ3v) is 5.23. The average molecular weight is 194 g/mol. The Morgan fingerprint density at radius 1 is 1.29 bits per heavy atom. The number of hydrogen-bond acceptors (Lipinski definition) is 0. The van der Waals surface area contributed by atoms with E-state index in [1.165, 1.54) is 25.7 Å². The van der Waals surface area contributed by atoms with Crippen LogP contribution >= 0.6 is 0 Å². The summed E-state index contributed by atoms with van der Waals surface area (Å²) in [6.45, 7) is 9.69. The van der Waals surface area contributed by atoms with Gasteiger partial charge in [-0.3, -0.25) is 0 Å². The third kappa shape index (κ3) is 1.61. The standard InChI is InChI=1S/C14H26/c1-5-12-9-14(8-11(14)4)7-6-13(12)10(2)3/h10-13H,5-9H2,1-4H3/t11-,12?,13?,14?/m1/s1. The first-order chi connectivity index (χ1) is 6.59. The summed E-state index contributed by atoms with van der Waals surface area (Å²) in [5.41, 5.74) is 0.825. The largest absolute Gasteiger partial charge is 0.0651 e. The Morgan fingerprint density at radius 3 is 2.36 bits per heavy atom. The molecule has 14 heavy (non-hydrogen) atoms. The fraction of sp³-hybridized carbons (Fsp3) is 1.00. The molecule has 0 aromatic rings. The van der Waals surface area contributed by atoms with Crippen molar-refractivity contribution in [3.05, 3.63) is 0 Å². The molecule has 0 bridgehead atoms. The molecule has 0 nitrogen and oxygen atoms in total. The van der Waals surface area contributed by atoms with Gasteiger partial charge in [-0.1, -0.05) is 34.1 Å². The van der Waals surface area contributed by atoms with Crippen molar-refractivity contribution in [3.63, 3.8) is 0 Å². The zero-order chi connectivity index (χ0) is 10.3. The molecule has 0 N–H and O–H groups in total. The monoisotopic (exact) mass is 194 g/mol. The molecule has 0 aromatic heterocycles. The highest BCUT2D eigenvalue weighted by Gasteiger charge is 2.54. The minimum atomic E-state index is 0.825. The van der Waals surface area contributed by atoms with E-state index in [0.29, 0.717) is 0 Å². The molecule has 0 aliphatic heterocycles. The van der Waals surface area contributed by atoms with Crippen LogP contribution in [0.1, 0.15) is 59.8 Å². The fourth-order valence-electron chi connectivity index (χ4n) is 3.97. The van der Waals surface area contributed by atoms with Gasteiger partial charge in [-0.15, -0.1) is 0 Å². The van der Waals surface area contributed by atoms with Crippen LogP contribution in [0.5, 0.6) is 0 Å². The molecular formula is C14H26. The van der Waals surface area contributed by atoms with E-state index >= 15 is 0 Å². The first-order valence-electron chi connectivity index (χ1n) is 6.59. The molecule has 2 aliphatic rings. The first-order valence-corrected chi connectivity index (χ1v) is 6.59. The summed E-state index contributed by atoms with van der Waals surface area (Å²) in [6.07, 6.45) is 7.55. The maximum Gasteiger partial charge on any atom is -0.0266 e. The van der Waals surface area contributed by atoms with E-state index in [1.807, 2.05) is 0 Å². The maximum absolute atomic E-state index is 2.46. The lowest BCUT2D eigenvalue weighted by Gasteiger charge is -2.39. The van der Waals surface area contributed by atoms with E-state index in [2.05, 4.69) is 27.7 Å². The van der Waals surface area contributed by atoms with Crippen LogP contribution in [0.2, 0.25) is 0 Å². The first kappa shape index (κ1) is 10.5. The Kier molecular flexibility index (Phi) is 2.66. The van der Waals surface area contributed by atoms with Gasteiger partial charge in [0.05, 0.1) is 0 Å². The lowest BCUT2D eigenvalue weighted by Crippen LogP contribution is -2.29. The van der Waals surface area contributed by atoms with Crippen LogP contribution in [-0.4, -0.2) is 0 Å². The molecule has 0 aromatic carbocycles. The van der Waals surface area contributed by atoms with Crippen molar-refractivity contribution in [3.8, 4) is 0 Å². The van der Waals surface area contributed by atoms with Crippen LogP contribution in [-0.2, 0) is 0 Å². The zero-order valence-corrected chi connectivity index (χ0v) is 10.3. The van der Waals surface area contributed by atoms with Gasteiger partial charge in [-0.25, -0.2) is 0 Å². The second kappa shape index (κ2) is 3.54. The minimum absolute atomic E-state index is 0.825. The van der Waals surface area contributed by atoms with Gasteiger partial charge in [0.2, 0.25) is 0 Å². The molecule has 0 amide bonds. The molecule has 0 saturated heterocycles. The van der Waals surface area contributed by atoms with Crippen molar-refractivity contribution in [2.45, 2.75) is 59.8 Å². The lowest BCUT2D eigenvalue weighted by molar-refractivity contribution is 0.114. The van der Waals surface area contributed by atoms with E-state index in [4.69, 9.17) is 0 Å². The van der Waals surface area contributed by atoms with Gasteiger partial charge in [0.25, 0.3) is 0 Å². The quantitative estimate of drug-likeness (QED) is 0.607. The van der Waals surface area contributed by atoms with Crippen LogP contribution in [0.4, 0.5) is 0 Å². The third-order valence-electron chi connectivity index (χ3n) is 5.23. The Balaban J connectivity index is 2.00. The summed E-state index contributed by atoms with van der Waals surface area (Å²) in [5.74, 6) is 4.02. The van der Waals surface area contributed by atoms with Gasteiger partial charge >= 0.3 is 0 Å². The van der Waals surface area contributed by atoms with Crippen LogP contribution < -0.4 is 0 Å². The van der Waals surface area contributed by atoms with Crippen molar-refractivity contribution < 1.29 is 0 Å². The summed E-state index contributed by atoms with van der Waals surface area (Å²) in [5, 5.41) is 0. The molecular weight excluding hydrogens is 168 g/mol. The topological polar surface area (TPSA) is 0 Å². The smallest absolute Gasteiger partial charge is 0.0266 e. The van der Waals surface area contributed by atoms with E-state index in [9.17, 15) is 0 Å². The van der Waals surface area contributed by atoms with Gasteiger partial charge in [-0.05, 0) is 54.8 Å². The van der Waals surface area contributed by atoms with Gasteiger partial charge in [0.1, 0.15) is 0 Å². The van der Waals surface area contributed by atoms with Crippen LogP contribution in [0.3, 0.4) is 0 Å². The molecule has 1 spiro atoms. The van der Waals surface area contributed by atoms with Gasteiger partial charge in [0.15, 0.2) is 0 Å².